The van der Waals surface area contributed by atoms with Crippen molar-refractivity contribution in [2.24, 2.45) is 0 Å². The molecule has 15 heavy (non-hydrogen) atoms. The number of anilines is 1. The zero-order valence-electron chi connectivity index (χ0n) is 8.59. The molecule has 0 aliphatic heterocycles. The second kappa shape index (κ2) is 4.37. The molecule has 0 unspecified atom stereocenters. The number of nitrogens with one attached hydrogen (secondary N) is 2. The van der Waals surface area contributed by atoms with E-state index in [9.17, 15) is 4.79 Å². The van der Waals surface area contributed by atoms with Crippen molar-refractivity contribution in [3.05, 3.63) is 28.0 Å². The van der Waals surface area contributed by atoms with E-state index in [0.717, 1.165) is 11.3 Å². The van der Waals surface area contributed by atoms with Crippen molar-refractivity contribution in [1.29, 1.82) is 0 Å². The predicted molar refractivity (Wildman–Crippen MR) is 54.9 cm³/mol. The third kappa shape index (κ3) is 1.94. The molecule has 0 aliphatic carbocycles. The van der Waals surface area contributed by atoms with Crippen molar-refractivity contribution < 1.29 is 32.7 Å². The first-order chi connectivity index (χ1) is 6.63. The quantitative estimate of drug-likeness (QED) is 0.672. The summed E-state index contributed by atoms with van der Waals surface area (Å²) in [7, 11) is 0. The SMILES string of the molecule is C[CH-]c1c(C)[nH]c2c(=O)[nH]c(N)nc12.[Y]. The van der Waals surface area contributed by atoms with Crippen LogP contribution in [0.5, 0.6) is 0 Å². The van der Waals surface area contributed by atoms with Crippen LogP contribution in [-0.2, 0) is 32.7 Å². The molecule has 1 radical (unpaired) electrons. The van der Waals surface area contributed by atoms with Gasteiger partial charge in [-0.25, -0.2) is 0 Å². The standard InChI is InChI=1S/C9H11N4O.Y/c1-3-5-4(2)11-7-6(5)12-9(10)13-8(7)14;/h3,11H,1-2H3,(H3,10,12,13,14);/q-1;. The summed E-state index contributed by atoms with van der Waals surface area (Å²) in [5, 5.41) is 0. The first-order valence-corrected chi connectivity index (χ1v) is 4.31. The Morgan fingerprint density at radius 1 is 1.40 bits per heavy atom. The van der Waals surface area contributed by atoms with E-state index in [1.165, 1.54) is 0 Å². The number of aromatic nitrogens is 3. The molecule has 0 aliphatic rings. The van der Waals surface area contributed by atoms with Crippen LogP contribution < -0.4 is 11.3 Å². The molecule has 0 saturated heterocycles. The summed E-state index contributed by atoms with van der Waals surface area (Å²) in [4.78, 5) is 21.0. The zero-order chi connectivity index (χ0) is 10.3. The van der Waals surface area contributed by atoms with E-state index in [1.54, 1.807) is 0 Å². The number of nitrogens with zero attached hydrogens (tertiary/aromatic N) is 1. The number of aromatic amines is 2. The summed E-state index contributed by atoms with van der Waals surface area (Å²) in [6.07, 6.45) is 1.90. The molecule has 0 spiro atoms. The molecule has 2 aromatic rings. The maximum absolute atomic E-state index is 11.5. The molecular formula is C9H11N4OY-. The Bertz CT molecular complexity index is 543. The van der Waals surface area contributed by atoms with E-state index < -0.39 is 0 Å². The van der Waals surface area contributed by atoms with Gasteiger partial charge in [0.2, 0.25) is 0 Å². The summed E-state index contributed by atoms with van der Waals surface area (Å²) in [5.74, 6) is 0.143. The van der Waals surface area contributed by atoms with Gasteiger partial charge in [-0.1, -0.05) is 19.5 Å². The molecular weight excluding hydrogens is 269 g/mol. The van der Waals surface area contributed by atoms with Gasteiger partial charge >= 0.3 is 0 Å². The van der Waals surface area contributed by atoms with Gasteiger partial charge in [-0.15, -0.1) is 5.56 Å². The second-order valence-corrected chi connectivity index (χ2v) is 3.13. The van der Waals surface area contributed by atoms with E-state index >= 15 is 0 Å². The average molecular weight is 280 g/mol. The van der Waals surface area contributed by atoms with Crippen LogP contribution in [0.3, 0.4) is 0 Å². The number of hydrogen-bond donors (Lipinski definition) is 3. The summed E-state index contributed by atoms with van der Waals surface area (Å²) in [6, 6.07) is 0. The molecule has 77 valence electrons. The van der Waals surface area contributed by atoms with Crippen LogP contribution >= 0.6 is 0 Å². The molecule has 0 saturated carbocycles. The van der Waals surface area contributed by atoms with Crippen molar-refractivity contribution in [3.63, 3.8) is 0 Å². The molecule has 0 amide bonds. The third-order valence-corrected chi connectivity index (χ3v) is 2.20. The van der Waals surface area contributed by atoms with Gasteiger partial charge in [0.25, 0.3) is 5.56 Å². The molecule has 0 aromatic carbocycles. The van der Waals surface area contributed by atoms with Crippen molar-refractivity contribution in [3.8, 4) is 0 Å². The summed E-state index contributed by atoms with van der Waals surface area (Å²) in [6.45, 7) is 3.79. The van der Waals surface area contributed by atoms with Crippen LogP contribution in [-0.4, -0.2) is 15.0 Å². The molecule has 2 heterocycles. The molecule has 0 atom stereocenters. The Hall–Kier alpha value is -0.806. The fourth-order valence-corrected chi connectivity index (χ4v) is 1.59. The fraction of sp³-hybridized carbons (Fsp3) is 0.222. The molecule has 5 nitrogen and oxygen atoms in total. The molecule has 6 heteroatoms. The first kappa shape index (κ1) is 12.3. The Labute approximate surface area is 112 Å². The fourth-order valence-electron chi connectivity index (χ4n) is 1.59. The van der Waals surface area contributed by atoms with Crippen LogP contribution in [0.25, 0.3) is 11.0 Å². The van der Waals surface area contributed by atoms with Crippen molar-refractivity contribution >= 4 is 17.0 Å². The minimum atomic E-state index is -0.233. The average Bonchev–Trinajstić information content (AvgIpc) is 2.41. The summed E-state index contributed by atoms with van der Waals surface area (Å²) >= 11 is 0. The smallest absolute Gasteiger partial charge is 0.262 e. The predicted octanol–water partition coefficient (Wildman–Crippen LogP) is 0.712. The van der Waals surface area contributed by atoms with E-state index in [4.69, 9.17) is 5.73 Å². The zero-order valence-corrected chi connectivity index (χ0v) is 11.4. The molecule has 0 fully saturated rings. The van der Waals surface area contributed by atoms with Gasteiger partial charge in [0, 0.05) is 32.7 Å². The molecule has 2 rings (SSSR count). The minimum absolute atomic E-state index is 0. The summed E-state index contributed by atoms with van der Waals surface area (Å²) in [5.41, 5.74) is 8.19. The number of rotatable bonds is 1. The van der Waals surface area contributed by atoms with Crippen LogP contribution in [0.2, 0.25) is 0 Å². The van der Waals surface area contributed by atoms with Crippen LogP contribution in [0.4, 0.5) is 5.95 Å². The number of hydrogen-bond acceptors (Lipinski definition) is 3. The van der Waals surface area contributed by atoms with Crippen LogP contribution in [0, 0.1) is 13.3 Å². The Balaban J connectivity index is 0.00000112. The molecule has 0 bridgehead atoms. The van der Waals surface area contributed by atoms with E-state index in [-0.39, 0.29) is 44.2 Å². The number of fused-ring (bicyclic) bond motifs is 1. The van der Waals surface area contributed by atoms with Crippen molar-refractivity contribution in [2.45, 2.75) is 13.8 Å². The Morgan fingerprint density at radius 3 is 2.67 bits per heavy atom. The number of nitrogens with two attached hydrogens (primary N) is 1. The monoisotopic (exact) mass is 280 g/mol. The van der Waals surface area contributed by atoms with Gasteiger partial charge in [-0.05, 0) is 5.52 Å². The van der Waals surface area contributed by atoms with Gasteiger partial charge in [0.15, 0.2) is 5.95 Å². The van der Waals surface area contributed by atoms with E-state index in [0.29, 0.717) is 11.0 Å². The maximum atomic E-state index is 11.5. The molecule has 2 aromatic heterocycles. The maximum Gasteiger partial charge on any atom is 0.262 e. The Morgan fingerprint density at radius 2 is 2.07 bits per heavy atom. The normalized spacial score (nSPS) is 10.0. The van der Waals surface area contributed by atoms with Gasteiger partial charge < -0.3 is 10.7 Å². The van der Waals surface area contributed by atoms with Gasteiger partial charge in [-0.2, -0.15) is 6.42 Å². The van der Waals surface area contributed by atoms with Gasteiger partial charge in [0.1, 0.15) is 0 Å². The van der Waals surface area contributed by atoms with Crippen molar-refractivity contribution in [2.75, 3.05) is 5.73 Å². The van der Waals surface area contributed by atoms with Crippen LogP contribution in [0.15, 0.2) is 4.79 Å². The molecule has 4 N–H and O–H groups in total. The van der Waals surface area contributed by atoms with Gasteiger partial charge in [0.05, 0.1) is 5.52 Å². The van der Waals surface area contributed by atoms with Crippen LogP contribution in [0.1, 0.15) is 18.2 Å². The number of aryl methyl sites for hydroxylation is 1. The first-order valence-electron chi connectivity index (χ1n) is 4.31. The number of nitrogen functional groups attached to an aromatic ring is 1. The van der Waals surface area contributed by atoms with E-state index in [2.05, 4.69) is 15.0 Å². The third-order valence-electron chi connectivity index (χ3n) is 2.20. The van der Waals surface area contributed by atoms with E-state index in [1.807, 2.05) is 20.3 Å². The van der Waals surface area contributed by atoms with Crippen molar-refractivity contribution in [1.82, 2.24) is 15.0 Å². The second-order valence-electron chi connectivity index (χ2n) is 3.13. The number of H-pyrrole nitrogens is 2. The minimum Gasteiger partial charge on any atom is -0.416 e. The van der Waals surface area contributed by atoms with Gasteiger partial charge in [-0.3, -0.25) is 14.8 Å². The Kier molecular flexibility index (Phi) is 3.57. The largest absolute Gasteiger partial charge is 0.416 e. The summed E-state index contributed by atoms with van der Waals surface area (Å²) < 4.78 is 0. The topological polar surface area (TPSA) is 87.6 Å².